The Morgan fingerprint density at radius 2 is 2.12 bits per heavy atom. The van der Waals surface area contributed by atoms with Crippen molar-refractivity contribution in [3.05, 3.63) is 62.7 Å². The molecule has 136 valence electrons. The number of nitro groups is 1. The highest BCUT2D eigenvalue weighted by Crippen LogP contribution is 2.29. The first-order valence-corrected chi connectivity index (χ1v) is 7.62. The van der Waals surface area contributed by atoms with E-state index in [1.165, 1.54) is 6.08 Å². The number of aromatic amines is 1. The van der Waals surface area contributed by atoms with Crippen LogP contribution in [0.5, 0.6) is 17.4 Å². The second-order valence-corrected chi connectivity index (χ2v) is 4.95. The lowest BCUT2D eigenvalue weighted by Crippen LogP contribution is -2.14. The molecule has 0 fully saturated rings. The highest BCUT2D eigenvalue weighted by atomic mass is 16.6. The first-order chi connectivity index (χ1) is 12.5. The number of aromatic hydroxyl groups is 1. The second kappa shape index (κ2) is 8.47. The molecule has 0 bridgehead atoms. The monoisotopic (exact) mass is 359 g/mol. The Bertz CT molecular complexity index is 904. The summed E-state index contributed by atoms with van der Waals surface area (Å²) < 4.78 is 11.0. The van der Waals surface area contributed by atoms with Crippen LogP contribution in [0.2, 0.25) is 0 Å². The molecule has 9 nitrogen and oxygen atoms in total. The lowest BCUT2D eigenvalue weighted by Gasteiger charge is -2.11. The van der Waals surface area contributed by atoms with Crippen LogP contribution in [-0.4, -0.2) is 33.2 Å². The summed E-state index contributed by atoms with van der Waals surface area (Å²) in [6.45, 7) is 6.21. The maximum atomic E-state index is 11.6. The van der Waals surface area contributed by atoms with Crippen LogP contribution in [-0.2, 0) is 0 Å². The number of aromatic nitrogens is 2. The third-order valence-electron chi connectivity index (χ3n) is 3.14. The zero-order chi connectivity index (χ0) is 19.1. The average Bonchev–Trinajstić information content (AvgIpc) is 2.58. The van der Waals surface area contributed by atoms with Crippen molar-refractivity contribution in [2.45, 2.75) is 6.92 Å². The van der Waals surface area contributed by atoms with Crippen LogP contribution >= 0.6 is 0 Å². The van der Waals surface area contributed by atoms with Crippen LogP contribution in [0.3, 0.4) is 0 Å². The van der Waals surface area contributed by atoms with E-state index in [1.807, 2.05) is 6.92 Å². The van der Waals surface area contributed by atoms with E-state index in [0.717, 1.165) is 0 Å². The Morgan fingerprint density at radius 1 is 1.35 bits per heavy atom. The van der Waals surface area contributed by atoms with Gasteiger partial charge in [-0.15, -0.1) is 0 Å². The summed E-state index contributed by atoms with van der Waals surface area (Å²) in [5.74, 6) is 0.123. The Kier molecular flexibility index (Phi) is 6.10. The molecule has 26 heavy (non-hydrogen) atoms. The van der Waals surface area contributed by atoms with E-state index in [9.17, 15) is 20.0 Å². The van der Waals surface area contributed by atoms with Gasteiger partial charge in [-0.1, -0.05) is 24.8 Å². The smallest absolute Gasteiger partial charge is 0.395 e. The topological polar surface area (TPSA) is 128 Å². The number of hydrogen-bond donors (Lipinski definition) is 2. The molecule has 0 spiro atoms. The first kappa shape index (κ1) is 18.7. The van der Waals surface area contributed by atoms with Crippen LogP contribution in [0.1, 0.15) is 18.3 Å². The molecular weight excluding hydrogens is 342 g/mol. The maximum Gasteiger partial charge on any atom is 0.395 e. The van der Waals surface area contributed by atoms with Gasteiger partial charge in [0.15, 0.2) is 11.5 Å². The zero-order valence-electron chi connectivity index (χ0n) is 14.0. The molecule has 2 N–H and O–H groups in total. The Labute approximate surface area is 148 Å². The van der Waals surface area contributed by atoms with Crippen molar-refractivity contribution in [3.63, 3.8) is 0 Å². The first-order valence-electron chi connectivity index (χ1n) is 7.62. The average molecular weight is 359 g/mol. The Morgan fingerprint density at radius 3 is 2.73 bits per heavy atom. The lowest BCUT2D eigenvalue weighted by atomic mass is 10.2. The highest BCUT2D eigenvalue weighted by molar-refractivity contribution is 5.68. The van der Waals surface area contributed by atoms with Gasteiger partial charge in [0, 0.05) is 0 Å². The van der Waals surface area contributed by atoms with Crippen molar-refractivity contribution in [2.75, 3.05) is 13.2 Å². The third kappa shape index (κ3) is 4.47. The number of rotatable bonds is 8. The fourth-order valence-corrected chi connectivity index (χ4v) is 2.06. The van der Waals surface area contributed by atoms with Crippen molar-refractivity contribution in [1.82, 2.24) is 9.97 Å². The van der Waals surface area contributed by atoms with Gasteiger partial charge in [-0.3, -0.25) is 14.9 Å². The van der Waals surface area contributed by atoms with Crippen molar-refractivity contribution in [2.24, 2.45) is 0 Å². The minimum absolute atomic E-state index is 0.0250. The van der Waals surface area contributed by atoms with Crippen LogP contribution < -0.4 is 15.0 Å². The van der Waals surface area contributed by atoms with E-state index in [0.29, 0.717) is 30.3 Å². The molecule has 0 atom stereocenters. The van der Waals surface area contributed by atoms with E-state index < -0.39 is 22.0 Å². The fourth-order valence-electron chi connectivity index (χ4n) is 2.06. The molecule has 1 aromatic carbocycles. The summed E-state index contributed by atoms with van der Waals surface area (Å²) in [6.07, 6.45) is 4.62. The largest absolute Gasteiger partial charge is 0.490 e. The zero-order valence-corrected chi connectivity index (χ0v) is 14.0. The summed E-state index contributed by atoms with van der Waals surface area (Å²) in [4.78, 5) is 27.1. The predicted octanol–water partition coefficient (Wildman–Crippen LogP) is 2.52. The number of H-pyrrole nitrogens is 1. The molecular formula is C17H17N3O6. The molecule has 2 rings (SSSR count). The van der Waals surface area contributed by atoms with E-state index in [1.54, 1.807) is 30.4 Å². The number of hydrogen-bond acceptors (Lipinski definition) is 7. The third-order valence-corrected chi connectivity index (χ3v) is 3.14. The number of nitrogens with one attached hydrogen (secondary N) is 1. The van der Waals surface area contributed by atoms with E-state index in [2.05, 4.69) is 16.5 Å². The minimum Gasteiger partial charge on any atom is -0.490 e. The molecule has 2 aromatic rings. The van der Waals surface area contributed by atoms with Crippen molar-refractivity contribution in [1.29, 1.82) is 0 Å². The number of benzene rings is 1. The van der Waals surface area contributed by atoms with Gasteiger partial charge in [0.1, 0.15) is 12.4 Å². The van der Waals surface area contributed by atoms with Gasteiger partial charge in [0.25, 0.3) is 5.88 Å². The van der Waals surface area contributed by atoms with Gasteiger partial charge in [-0.25, -0.2) is 0 Å². The van der Waals surface area contributed by atoms with Crippen LogP contribution in [0.15, 0.2) is 35.6 Å². The SMILES string of the molecule is C=CCOc1ccc(/C=C/c2nc(O)c([N+](=O)[O-])c(=O)[nH]2)cc1OCC. The van der Waals surface area contributed by atoms with E-state index >= 15 is 0 Å². The predicted molar refractivity (Wildman–Crippen MR) is 95.4 cm³/mol. The van der Waals surface area contributed by atoms with Gasteiger partial charge < -0.3 is 19.6 Å². The Hall–Kier alpha value is -3.62. The molecule has 0 aliphatic carbocycles. The Balaban J connectivity index is 2.30. The number of nitrogens with zero attached hydrogens (tertiary/aromatic N) is 2. The molecule has 0 unspecified atom stereocenters. The maximum absolute atomic E-state index is 11.6. The highest BCUT2D eigenvalue weighted by Gasteiger charge is 2.21. The van der Waals surface area contributed by atoms with Crippen LogP contribution in [0.25, 0.3) is 12.2 Å². The standard InChI is InChI=1S/C17H17N3O6/c1-3-9-26-12-7-5-11(10-13(12)25-4-2)6-8-14-18-16(21)15(20(23)24)17(22)19-14/h3,5-8,10H,1,4,9H2,2H3,(H2,18,19,21,22)/b8-6+. The van der Waals surface area contributed by atoms with Crippen LogP contribution in [0.4, 0.5) is 5.69 Å². The summed E-state index contributed by atoms with van der Waals surface area (Å²) >= 11 is 0. The molecule has 1 aromatic heterocycles. The minimum atomic E-state index is -1.04. The fraction of sp³-hybridized carbons (Fsp3) is 0.176. The quantitative estimate of drug-likeness (QED) is 0.421. The van der Waals surface area contributed by atoms with Gasteiger partial charge in [-0.2, -0.15) is 4.98 Å². The molecule has 1 heterocycles. The lowest BCUT2D eigenvalue weighted by molar-refractivity contribution is -0.387. The van der Waals surface area contributed by atoms with Gasteiger partial charge in [0.2, 0.25) is 0 Å². The van der Waals surface area contributed by atoms with E-state index in [-0.39, 0.29) is 5.82 Å². The number of ether oxygens (including phenoxy) is 2. The molecule has 0 aliphatic rings. The second-order valence-electron chi connectivity index (χ2n) is 4.95. The molecule has 0 aliphatic heterocycles. The van der Waals surface area contributed by atoms with Gasteiger partial charge >= 0.3 is 11.2 Å². The molecule has 0 saturated carbocycles. The summed E-state index contributed by atoms with van der Waals surface area (Å²) in [6, 6.07) is 5.19. The summed E-state index contributed by atoms with van der Waals surface area (Å²) in [7, 11) is 0. The molecule has 0 amide bonds. The molecule has 0 saturated heterocycles. The van der Waals surface area contributed by atoms with Crippen molar-refractivity contribution in [3.8, 4) is 17.4 Å². The summed E-state index contributed by atoms with van der Waals surface area (Å²) in [5, 5.41) is 20.2. The van der Waals surface area contributed by atoms with Crippen molar-refractivity contribution >= 4 is 17.8 Å². The van der Waals surface area contributed by atoms with Gasteiger partial charge in [-0.05, 0) is 30.7 Å². The molecule has 9 heteroatoms. The molecule has 0 radical (unpaired) electrons. The normalized spacial score (nSPS) is 10.7. The van der Waals surface area contributed by atoms with Gasteiger partial charge in [0.05, 0.1) is 11.5 Å². The summed E-state index contributed by atoms with van der Waals surface area (Å²) in [5.41, 5.74) is -1.32. The van der Waals surface area contributed by atoms with Crippen molar-refractivity contribution < 1.29 is 19.5 Å². The van der Waals surface area contributed by atoms with E-state index in [4.69, 9.17) is 9.47 Å². The van der Waals surface area contributed by atoms with Crippen LogP contribution in [0, 0.1) is 10.1 Å².